The quantitative estimate of drug-likeness (QED) is 0.263. The Kier molecular flexibility index (Phi) is 6.61. The van der Waals surface area contributed by atoms with Gasteiger partial charge in [0.2, 0.25) is 11.8 Å². The molecule has 0 saturated heterocycles. The van der Waals surface area contributed by atoms with E-state index < -0.39 is 12.3 Å². The van der Waals surface area contributed by atoms with Gasteiger partial charge in [0.1, 0.15) is 11.5 Å². The van der Waals surface area contributed by atoms with Crippen LogP contribution in [0.1, 0.15) is 96.7 Å². The maximum Gasteiger partial charge on any atom is 0.387 e. The van der Waals surface area contributed by atoms with Crippen LogP contribution in [0.5, 0.6) is 5.75 Å². The van der Waals surface area contributed by atoms with Crippen LogP contribution >= 0.6 is 0 Å². The number of pyridine rings is 1. The van der Waals surface area contributed by atoms with E-state index in [1.165, 1.54) is 12.4 Å². The number of anilines is 1. The van der Waals surface area contributed by atoms with Gasteiger partial charge in [-0.15, -0.1) is 0 Å². The first-order valence-electron chi connectivity index (χ1n) is 15.4. The molecular formula is C32H37F3N6O3. The van der Waals surface area contributed by atoms with Gasteiger partial charge in [-0.3, -0.25) is 9.69 Å². The molecule has 9 nitrogen and oxygen atoms in total. The summed E-state index contributed by atoms with van der Waals surface area (Å²) in [4.78, 5) is 33.6. The lowest BCUT2D eigenvalue weighted by atomic mass is 9.41. The van der Waals surface area contributed by atoms with Gasteiger partial charge in [0, 0.05) is 35.6 Å². The molecule has 6 fully saturated rings. The number of nitrogens with zero attached hydrogens (tertiary/aromatic N) is 6. The number of hydrogen-bond donors (Lipinski definition) is 0. The fourth-order valence-electron chi connectivity index (χ4n) is 8.01. The van der Waals surface area contributed by atoms with Gasteiger partial charge in [-0.25, -0.2) is 19.3 Å². The monoisotopic (exact) mass is 610 g/mol. The Hall–Kier alpha value is -3.57. The number of carbonyl (C=O) groups excluding carboxylic acids is 1. The summed E-state index contributed by atoms with van der Waals surface area (Å²) in [6.45, 7) is 3.73. The van der Waals surface area contributed by atoms with Gasteiger partial charge < -0.3 is 9.26 Å². The largest absolute Gasteiger partial charge is 0.432 e. The van der Waals surface area contributed by atoms with Crippen molar-refractivity contribution in [3.63, 3.8) is 0 Å². The molecule has 0 aromatic carbocycles. The van der Waals surface area contributed by atoms with Crippen LogP contribution in [0.2, 0.25) is 0 Å². The minimum absolute atomic E-state index is 0.0530. The number of alkyl halides is 3. The van der Waals surface area contributed by atoms with E-state index in [4.69, 9.17) is 9.51 Å². The lowest BCUT2D eigenvalue weighted by molar-refractivity contribution is -0.215. The van der Waals surface area contributed by atoms with Crippen LogP contribution in [0.3, 0.4) is 0 Å². The highest BCUT2D eigenvalue weighted by Gasteiger charge is 2.69. The van der Waals surface area contributed by atoms with Crippen molar-refractivity contribution in [2.75, 3.05) is 11.4 Å². The lowest BCUT2D eigenvalue weighted by Crippen LogP contribution is -2.65. The van der Waals surface area contributed by atoms with Crippen LogP contribution < -0.4 is 9.64 Å². The molecule has 0 atom stereocenters. The van der Waals surface area contributed by atoms with Gasteiger partial charge in [0.15, 0.2) is 17.4 Å². The average molecular weight is 611 g/mol. The molecule has 6 aliphatic carbocycles. The Bertz CT molecular complexity index is 1530. The van der Waals surface area contributed by atoms with Crippen LogP contribution in [0, 0.1) is 10.8 Å². The average Bonchev–Trinajstić information content (AvgIpc) is 3.48. The zero-order chi connectivity index (χ0) is 31.0. The molecule has 3 aromatic rings. The maximum absolute atomic E-state index is 14.3. The molecule has 0 N–H and O–H groups in total. The van der Waals surface area contributed by atoms with E-state index in [0.29, 0.717) is 55.3 Å². The molecule has 1 amide bonds. The predicted molar refractivity (Wildman–Crippen MR) is 154 cm³/mol. The molecule has 12 heteroatoms. The molecule has 0 radical (unpaired) electrons. The van der Waals surface area contributed by atoms with Gasteiger partial charge in [0.05, 0.1) is 12.4 Å². The first-order valence-corrected chi connectivity index (χ1v) is 15.4. The number of hydrogen-bond acceptors (Lipinski definition) is 8. The summed E-state index contributed by atoms with van der Waals surface area (Å²) in [7, 11) is 0. The first-order chi connectivity index (χ1) is 20.8. The summed E-state index contributed by atoms with van der Waals surface area (Å²) >= 11 is 0. The number of rotatable bonds is 9. The Morgan fingerprint density at radius 2 is 1.68 bits per heavy atom. The van der Waals surface area contributed by atoms with E-state index in [-0.39, 0.29) is 33.3 Å². The van der Waals surface area contributed by atoms with E-state index in [0.717, 1.165) is 44.3 Å². The smallest absolute Gasteiger partial charge is 0.387 e. The summed E-state index contributed by atoms with van der Waals surface area (Å²) in [5.74, 6) is 2.04. The van der Waals surface area contributed by atoms with E-state index >= 15 is 0 Å². The molecule has 6 saturated carbocycles. The lowest BCUT2D eigenvalue weighted by Gasteiger charge is -2.66. The normalized spacial score (nSPS) is 30.5. The van der Waals surface area contributed by atoms with Crippen molar-refractivity contribution in [2.45, 2.75) is 108 Å². The Morgan fingerprint density at radius 1 is 1.02 bits per heavy atom. The second-order valence-corrected chi connectivity index (χ2v) is 14.8. The topological polar surface area (TPSA) is 107 Å². The summed E-state index contributed by atoms with van der Waals surface area (Å²) in [6, 6.07) is 3.48. The summed E-state index contributed by atoms with van der Waals surface area (Å²) in [5, 5.41) is 4.41. The van der Waals surface area contributed by atoms with Crippen LogP contribution in [0.25, 0.3) is 11.4 Å². The van der Waals surface area contributed by atoms with Crippen molar-refractivity contribution in [1.82, 2.24) is 25.1 Å². The van der Waals surface area contributed by atoms with Crippen LogP contribution in [0.4, 0.5) is 19.0 Å². The van der Waals surface area contributed by atoms with E-state index in [2.05, 4.69) is 45.6 Å². The van der Waals surface area contributed by atoms with Crippen molar-refractivity contribution in [2.24, 2.45) is 10.8 Å². The van der Waals surface area contributed by atoms with E-state index in [9.17, 15) is 18.0 Å². The van der Waals surface area contributed by atoms with E-state index in [1.807, 2.05) is 0 Å². The summed E-state index contributed by atoms with van der Waals surface area (Å²) in [5.41, 5.74) is -1.15. The van der Waals surface area contributed by atoms with Crippen molar-refractivity contribution < 1.29 is 27.2 Å². The third-order valence-corrected chi connectivity index (χ3v) is 10.5. The molecule has 234 valence electrons. The van der Waals surface area contributed by atoms with E-state index in [1.54, 1.807) is 23.2 Å². The molecule has 0 unspecified atom stereocenters. The number of halogens is 3. The zero-order valence-electron chi connectivity index (χ0n) is 25.3. The Balaban J connectivity index is 1.13. The number of carbonyl (C=O) groups is 1. The SMILES string of the molecule is CC(C)(C)c1nc(C23CCC(CN(C(=O)CC45CC(F)(C4)C5)c4cc(-c5ncc(OC(F)F)cn5)ccn4)(CC2)CC3)no1. The van der Waals surface area contributed by atoms with Crippen molar-refractivity contribution >= 4 is 11.7 Å². The highest BCUT2D eigenvalue weighted by molar-refractivity contribution is 5.93. The second kappa shape index (κ2) is 9.97. The standard InChI is InChI=1S/C32H37F3N6O3/c1-28(2,3)26-39-25(40-44-26)31-8-5-29(6-9-31,7-10-31)19-41(23(42)13-30-16-32(35,17-30)18-30)22-12-20(4-11-36-22)24-37-14-21(15-38-24)43-27(33)34/h4,11-12,14-15,27H,5-10,13,16-19H2,1-3H3. The fourth-order valence-corrected chi connectivity index (χ4v) is 8.01. The maximum atomic E-state index is 14.3. The molecule has 3 heterocycles. The van der Waals surface area contributed by atoms with Gasteiger partial charge in [0.25, 0.3) is 0 Å². The number of ether oxygens (including phenoxy) is 1. The third-order valence-electron chi connectivity index (χ3n) is 10.5. The van der Waals surface area contributed by atoms with Crippen LogP contribution in [0.15, 0.2) is 35.2 Å². The molecule has 0 spiro atoms. The van der Waals surface area contributed by atoms with Gasteiger partial charge in [-0.1, -0.05) is 25.9 Å². The van der Waals surface area contributed by atoms with Gasteiger partial charge in [-0.2, -0.15) is 13.8 Å². The number of aromatic nitrogens is 5. The molecular weight excluding hydrogens is 573 g/mol. The molecule has 9 rings (SSSR count). The summed E-state index contributed by atoms with van der Waals surface area (Å²) < 4.78 is 49.5. The summed E-state index contributed by atoms with van der Waals surface area (Å²) in [6.07, 6.45) is 11.1. The Labute approximate surface area is 254 Å². The van der Waals surface area contributed by atoms with Gasteiger partial charge in [-0.05, 0) is 80.8 Å². The first kappa shape index (κ1) is 29.2. The highest BCUT2D eigenvalue weighted by Crippen LogP contribution is 2.71. The van der Waals surface area contributed by atoms with Crippen LogP contribution in [-0.2, 0) is 15.6 Å². The van der Waals surface area contributed by atoms with Crippen molar-refractivity contribution in [3.05, 3.63) is 42.4 Å². The molecule has 4 bridgehead atoms. The molecule has 6 aliphatic rings. The zero-order valence-corrected chi connectivity index (χ0v) is 25.3. The van der Waals surface area contributed by atoms with Crippen LogP contribution in [-0.4, -0.2) is 49.8 Å². The highest BCUT2D eigenvalue weighted by atomic mass is 19.3. The molecule has 3 aromatic heterocycles. The van der Waals surface area contributed by atoms with Gasteiger partial charge >= 0.3 is 6.61 Å². The third kappa shape index (κ3) is 5.13. The minimum atomic E-state index is -2.97. The second-order valence-electron chi connectivity index (χ2n) is 14.8. The number of amides is 1. The van der Waals surface area contributed by atoms with Crippen molar-refractivity contribution in [3.8, 4) is 17.1 Å². The van der Waals surface area contributed by atoms with Crippen molar-refractivity contribution in [1.29, 1.82) is 0 Å². The molecule has 0 aliphatic heterocycles. The minimum Gasteiger partial charge on any atom is -0.432 e. The fraction of sp³-hybridized carbons (Fsp3) is 0.625. The number of fused-ring (bicyclic) bond motifs is 3. The molecule has 44 heavy (non-hydrogen) atoms. The Morgan fingerprint density at radius 3 is 2.25 bits per heavy atom. The predicted octanol–water partition coefficient (Wildman–Crippen LogP) is 6.73.